The first-order valence-electron chi connectivity index (χ1n) is 9.63. The van der Waals surface area contributed by atoms with E-state index in [1.807, 2.05) is 30.3 Å². The van der Waals surface area contributed by atoms with Gasteiger partial charge in [-0.15, -0.1) is 11.3 Å². The summed E-state index contributed by atoms with van der Waals surface area (Å²) >= 11 is 7.57. The van der Waals surface area contributed by atoms with Gasteiger partial charge in [-0.25, -0.2) is 0 Å². The van der Waals surface area contributed by atoms with Crippen LogP contribution in [0.15, 0.2) is 42.5 Å². The lowest BCUT2D eigenvalue weighted by Crippen LogP contribution is -2.35. The number of hydrogen-bond acceptors (Lipinski definition) is 5. The molecule has 2 heterocycles. The summed E-state index contributed by atoms with van der Waals surface area (Å²) in [5.41, 5.74) is 1.62. The Kier molecular flexibility index (Phi) is 6.35. The zero-order chi connectivity index (χ0) is 20.2. The fourth-order valence-electron chi connectivity index (χ4n) is 3.43. The summed E-state index contributed by atoms with van der Waals surface area (Å²) in [7, 11) is 0. The van der Waals surface area contributed by atoms with Crippen LogP contribution in [0.1, 0.15) is 16.0 Å². The van der Waals surface area contributed by atoms with E-state index in [1.165, 1.54) is 4.88 Å². The number of halogens is 1. The number of rotatable bonds is 6. The number of phenols is 1. The van der Waals surface area contributed by atoms with Gasteiger partial charge in [-0.3, -0.25) is 9.69 Å². The van der Waals surface area contributed by atoms with Gasteiger partial charge in [-0.05, 0) is 29.8 Å². The molecule has 152 valence electrons. The molecule has 1 saturated heterocycles. The second kappa shape index (κ2) is 9.13. The highest BCUT2D eigenvalue weighted by Crippen LogP contribution is 2.35. The van der Waals surface area contributed by atoms with Crippen molar-refractivity contribution in [2.45, 2.75) is 19.5 Å². The van der Waals surface area contributed by atoms with Crippen LogP contribution < -0.4 is 5.32 Å². The fourth-order valence-corrected chi connectivity index (χ4v) is 4.67. The zero-order valence-corrected chi connectivity index (χ0v) is 17.6. The molecule has 3 aromatic rings. The molecule has 0 atom stereocenters. The van der Waals surface area contributed by atoms with Crippen molar-refractivity contribution < 1.29 is 14.6 Å². The second-order valence-corrected chi connectivity index (χ2v) is 8.77. The molecule has 4 rings (SSSR count). The maximum absolute atomic E-state index is 12.3. The Morgan fingerprint density at radius 1 is 1.17 bits per heavy atom. The molecule has 0 aliphatic carbocycles. The van der Waals surface area contributed by atoms with E-state index in [9.17, 15) is 9.90 Å². The second-order valence-electron chi connectivity index (χ2n) is 7.17. The van der Waals surface area contributed by atoms with Crippen LogP contribution in [-0.4, -0.2) is 42.2 Å². The summed E-state index contributed by atoms with van der Waals surface area (Å²) in [6.07, 6.45) is 0.143. The molecule has 0 saturated carbocycles. The molecular weight excluding hydrogens is 408 g/mol. The summed E-state index contributed by atoms with van der Waals surface area (Å²) in [6, 6.07) is 13.2. The molecule has 2 aromatic carbocycles. The van der Waals surface area contributed by atoms with Gasteiger partial charge in [0.15, 0.2) is 0 Å². The molecule has 1 aliphatic heterocycles. The lowest BCUT2D eigenvalue weighted by Gasteiger charge is -2.25. The summed E-state index contributed by atoms with van der Waals surface area (Å²) in [6.45, 7) is 4.69. The SMILES string of the molecule is O=C(Cc1ccc2sc(CN3CCOCC3)cc2c1O)NCc1ccc(Cl)cc1. The van der Waals surface area contributed by atoms with Gasteiger partial charge in [0, 0.05) is 51.7 Å². The van der Waals surface area contributed by atoms with Crippen LogP contribution in [0.5, 0.6) is 5.75 Å². The van der Waals surface area contributed by atoms with Gasteiger partial charge in [0.1, 0.15) is 5.75 Å². The minimum atomic E-state index is -0.127. The van der Waals surface area contributed by atoms with Crippen molar-refractivity contribution >= 4 is 38.9 Å². The van der Waals surface area contributed by atoms with Crippen LogP contribution in [-0.2, 0) is 29.0 Å². The quantitative estimate of drug-likeness (QED) is 0.621. The van der Waals surface area contributed by atoms with Gasteiger partial charge in [0.05, 0.1) is 19.6 Å². The van der Waals surface area contributed by atoms with Crippen LogP contribution >= 0.6 is 22.9 Å². The first-order chi connectivity index (χ1) is 14.1. The summed E-state index contributed by atoms with van der Waals surface area (Å²) in [5.74, 6) is 0.0759. The Morgan fingerprint density at radius 2 is 1.93 bits per heavy atom. The highest BCUT2D eigenvalue weighted by Gasteiger charge is 2.16. The van der Waals surface area contributed by atoms with Crippen molar-refractivity contribution in [1.29, 1.82) is 0 Å². The molecule has 7 heteroatoms. The third-order valence-corrected chi connectivity index (χ3v) is 6.38. The monoisotopic (exact) mass is 430 g/mol. The Hall–Kier alpha value is -2.12. The minimum absolute atomic E-state index is 0.127. The number of aromatic hydroxyl groups is 1. The van der Waals surface area contributed by atoms with E-state index in [2.05, 4.69) is 10.2 Å². The number of fused-ring (bicyclic) bond motifs is 1. The molecule has 0 radical (unpaired) electrons. The number of carbonyl (C=O) groups is 1. The van der Waals surface area contributed by atoms with E-state index < -0.39 is 0 Å². The smallest absolute Gasteiger partial charge is 0.224 e. The van der Waals surface area contributed by atoms with Crippen molar-refractivity contribution in [2.75, 3.05) is 26.3 Å². The summed E-state index contributed by atoms with van der Waals surface area (Å²) < 4.78 is 6.44. The standard InChI is InChI=1S/C22H23ClN2O3S/c23-17-4-1-15(2-5-17)13-24-21(26)11-16-3-6-20-19(22(16)27)12-18(29-20)14-25-7-9-28-10-8-25/h1-6,12,27H,7-11,13-14H2,(H,24,26). The van der Waals surface area contributed by atoms with Gasteiger partial charge < -0.3 is 15.2 Å². The molecule has 1 fully saturated rings. The van der Waals surface area contributed by atoms with Gasteiger partial charge in [0.25, 0.3) is 0 Å². The maximum atomic E-state index is 12.3. The van der Waals surface area contributed by atoms with E-state index >= 15 is 0 Å². The minimum Gasteiger partial charge on any atom is -0.507 e. The number of phenolic OH excluding ortho intramolecular Hbond substituents is 1. The van der Waals surface area contributed by atoms with E-state index in [0.717, 1.165) is 48.5 Å². The van der Waals surface area contributed by atoms with Crippen LogP contribution in [0.25, 0.3) is 10.1 Å². The molecule has 1 aromatic heterocycles. The summed E-state index contributed by atoms with van der Waals surface area (Å²) in [5, 5.41) is 15.1. The molecule has 1 amide bonds. The Balaban J connectivity index is 1.41. The van der Waals surface area contributed by atoms with Crippen molar-refractivity contribution in [3.8, 4) is 5.75 Å². The van der Waals surface area contributed by atoms with Gasteiger partial charge in [0.2, 0.25) is 5.91 Å². The molecule has 1 aliphatic rings. The van der Waals surface area contributed by atoms with Crippen LogP contribution in [0.2, 0.25) is 5.02 Å². The molecule has 5 nitrogen and oxygen atoms in total. The predicted molar refractivity (Wildman–Crippen MR) is 117 cm³/mol. The Morgan fingerprint density at radius 3 is 2.69 bits per heavy atom. The van der Waals surface area contributed by atoms with Crippen molar-refractivity contribution in [3.05, 3.63) is 63.5 Å². The first kappa shape index (κ1) is 20.2. The molecule has 0 unspecified atom stereocenters. The van der Waals surface area contributed by atoms with Crippen LogP contribution in [0.4, 0.5) is 0 Å². The summed E-state index contributed by atoms with van der Waals surface area (Å²) in [4.78, 5) is 15.9. The molecule has 29 heavy (non-hydrogen) atoms. The molecule has 2 N–H and O–H groups in total. The van der Waals surface area contributed by atoms with Crippen molar-refractivity contribution in [2.24, 2.45) is 0 Å². The number of benzene rings is 2. The largest absolute Gasteiger partial charge is 0.507 e. The number of hydrogen-bond donors (Lipinski definition) is 2. The number of ether oxygens (including phenoxy) is 1. The predicted octanol–water partition coefficient (Wildman–Crippen LogP) is 3.95. The van der Waals surface area contributed by atoms with E-state index in [-0.39, 0.29) is 18.1 Å². The number of morpholine rings is 1. The highest BCUT2D eigenvalue weighted by atomic mass is 35.5. The van der Waals surface area contributed by atoms with E-state index in [4.69, 9.17) is 16.3 Å². The number of thiophene rings is 1. The number of nitrogens with zero attached hydrogens (tertiary/aromatic N) is 1. The first-order valence-corrected chi connectivity index (χ1v) is 10.8. The average Bonchev–Trinajstić information content (AvgIpc) is 3.14. The number of carbonyl (C=O) groups excluding carboxylic acids is 1. The number of amides is 1. The van der Waals surface area contributed by atoms with Crippen molar-refractivity contribution in [3.63, 3.8) is 0 Å². The molecule has 0 bridgehead atoms. The Bertz CT molecular complexity index is 997. The maximum Gasteiger partial charge on any atom is 0.224 e. The molecule has 0 spiro atoms. The highest BCUT2D eigenvalue weighted by molar-refractivity contribution is 7.19. The van der Waals surface area contributed by atoms with Gasteiger partial charge in [-0.2, -0.15) is 0 Å². The van der Waals surface area contributed by atoms with Crippen LogP contribution in [0, 0.1) is 0 Å². The molecular formula is C22H23ClN2O3S. The van der Waals surface area contributed by atoms with E-state index in [1.54, 1.807) is 23.5 Å². The van der Waals surface area contributed by atoms with E-state index in [0.29, 0.717) is 17.1 Å². The van der Waals surface area contributed by atoms with Crippen molar-refractivity contribution in [1.82, 2.24) is 10.2 Å². The Labute approximate surface area is 178 Å². The lowest BCUT2D eigenvalue weighted by atomic mass is 10.1. The van der Waals surface area contributed by atoms with Crippen LogP contribution in [0.3, 0.4) is 0 Å². The zero-order valence-electron chi connectivity index (χ0n) is 16.0. The third-order valence-electron chi connectivity index (χ3n) is 5.04. The normalized spacial score (nSPS) is 14.9. The number of nitrogens with one attached hydrogen (secondary N) is 1. The topological polar surface area (TPSA) is 61.8 Å². The fraction of sp³-hybridized carbons (Fsp3) is 0.318. The third kappa shape index (κ3) is 5.08. The van der Waals surface area contributed by atoms with Gasteiger partial charge in [-0.1, -0.05) is 29.8 Å². The average molecular weight is 431 g/mol. The lowest BCUT2D eigenvalue weighted by molar-refractivity contribution is -0.120. The van der Waals surface area contributed by atoms with Gasteiger partial charge >= 0.3 is 0 Å².